The van der Waals surface area contributed by atoms with Gasteiger partial charge >= 0.3 is 0 Å². The Morgan fingerprint density at radius 2 is 1.89 bits per heavy atom. The number of carbonyl (C=O) groups excluding carboxylic acids is 2. The number of benzene rings is 2. The van der Waals surface area contributed by atoms with Crippen LogP contribution in [0.3, 0.4) is 0 Å². The summed E-state index contributed by atoms with van der Waals surface area (Å²) in [5.74, 6) is 0.166. The van der Waals surface area contributed by atoms with Crippen molar-refractivity contribution in [3.63, 3.8) is 0 Å². The van der Waals surface area contributed by atoms with Gasteiger partial charge in [-0.3, -0.25) is 9.59 Å². The number of nitrogens with one attached hydrogen (secondary N) is 3. The van der Waals surface area contributed by atoms with Crippen molar-refractivity contribution in [2.75, 3.05) is 32.6 Å². The second-order valence-corrected chi connectivity index (χ2v) is 6.07. The van der Waals surface area contributed by atoms with E-state index in [1.807, 2.05) is 24.3 Å². The average molecular weight is 382 g/mol. The summed E-state index contributed by atoms with van der Waals surface area (Å²) in [6.07, 6.45) is 0.704. The van der Waals surface area contributed by atoms with Gasteiger partial charge in [0, 0.05) is 29.8 Å². The Hall–Kier alpha value is -3.55. The number of methoxy groups -OCH3 is 2. The lowest BCUT2D eigenvalue weighted by atomic mass is 10.0. The first-order valence-electron chi connectivity index (χ1n) is 8.81. The molecule has 2 aromatic carbocycles. The quantitative estimate of drug-likeness (QED) is 0.661. The molecule has 3 rings (SSSR count). The van der Waals surface area contributed by atoms with Crippen molar-refractivity contribution in [3.05, 3.63) is 53.6 Å². The molecule has 1 aliphatic rings. The van der Waals surface area contributed by atoms with E-state index in [1.54, 1.807) is 18.2 Å². The number of amides is 2. The topological polar surface area (TPSA) is 101 Å². The van der Waals surface area contributed by atoms with Gasteiger partial charge in [-0.1, -0.05) is 18.2 Å². The van der Waals surface area contributed by atoms with Crippen molar-refractivity contribution in [3.8, 4) is 11.5 Å². The molecule has 0 fully saturated rings. The molecule has 1 aliphatic heterocycles. The number of ether oxygens (including phenoxy) is 2. The second-order valence-electron chi connectivity index (χ2n) is 6.07. The van der Waals surface area contributed by atoms with Gasteiger partial charge in [-0.25, -0.2) is 5.43 Å². The van der Waals surface area contributed by atoms with Crippen molar-refractivity contribution in [1.29, 1.82) is 0 Å². The normalized spacial score (nSPS) is 13.9. The number of rotatable bonds is 6. The summed E-state index contributed by atoms with van der Waals surface area (Å²) in [7, 11) is 3.01. The largest absolute Gasteiger partial charge is 0.493 e. The Labute approximate surface area is 162 Å². The summed E-state index contributed by atoms with van der Waals surface area (Å²) >= 11 is 0. The van der Waals surface area contributed by atoms with Crippen LogP contribution in [0.5, 0.6) is 11.5 Å². The Morgan fingerprint density at radius 3 is 2.68 bits per heavy atom. The minimum Gasteiger partial charge on any atom is -0.493 e. The van der Waals surface area contributed by atoms with Crippen LogP contribution in [-0.4, -0.2) is 44.8 Å². The fourth-order valence-electron chi connectivity index (χ4n) is 2.86. The van der Waals surface area contributed by atoms with Gasteiger partial charge in [0.15, 0.2) is 11.5 Å². The van der Waals surface area contributed by atoms with Crippen LogP contribution >= 0.6 is 0 Å². The molecule has 0 unspecified atom stereocenters. The Balaban J connectivity index is 1.57. The van der Waals surface area contributed by atoms with Crippen LogP contribution in [0.1, 0.15) is 22.3 Å². The summed E-state index contributed by atoms with van der Waals surface area (Å²) in [6, 6.07) is 12.6. The molecule has 8 heteroatoms. The highest BCUT2D eigenvalue weighted by molar-refractivity contribution is 6.07. The first-order chi connectivity index (χ1) is 13.6. The maximum atomic E-state index is 12.3. The van der Waals surface area contributed by atoms with E-state index in [4.69, 9.17) is 9.47 Å². The third-order valence-corrected chi connectivity index (χ3v) is 4.29. The predicted octanol–water partition coefficient (Wildman–Crippen LogP) is 1.77. The maximum absolute atomic E-state index is 12.3. The SMILES string of the molecule is COc1ccc(C(=O)NCC(=O)N/N=C2\CCNc3ccccc32)cc1OC. The van der Waals surface area contributed by atoms with E-state index in [1.165, 1.54) is 14.2 Å². The van der Waals surface area contributed by atoms with Gasteiger partial charge in [-0.2, -0.15) is 5.10 Å². The molecule has 0 saturated carbocycles. The van der Waals surface area contributed by atoms with Gasteiger partial charge in [0.2, 0.25) is 0 Å². The lowest BCUT2D eigenvalue weighted by Gasteiger charge is -2.19. The summed E-state index contributed by atoms with van der Waals surface area (Å²) in [5.41, 5.74) is 5.62. The molecule has 0 radical (unpaired) electrons. The third-order valence-electron chi connectivity index (χ3n) is 4.29. The van der Waals surface area contributed by atoms with Crippen molar-refractivity contribution in [2.24, 2.45) is 5.10 Å². The molecule has 8 nitrogen and oxygen atoms in total. The average Bonchev–Trinajstić information content (AvgIpc) is 2.75. The van der Waals surface area contributed by atoms with E-state index < -0.39 is 11.8 Å². The smallest absolute Gasteiger partial charge is 0.259 e. The molecule has 28 heavy (non-hydrogen) atoms. The molecule has 0 saturated heterocycles. The van der Waals surface area contributed by atoms with Gasteiger partial charge in [0.25, 0.3) is 11.8 Å². The summed E-state index contributed by atoms with van der Waals surface area (Å²) in [6.45, 7) is 0.561. The van der Waals surface area contributed by atoms with Crippen molar-refractivity contribution >= 4 is 23.2 Å². The molecule has 2 aromatic rings. The first-order valence-corrected chi connectivity index (χ1v) is 8.81. The Morgan fingerprint density at radius 1 is 1.11 bits per heavy atom. The molecule has 0 aliphatic carbocycles. The first kappa shape index (κ1) is 19.2. The molecular weight excluding hydrogens is 360 g/mol. The number of hydrogen-bond donors (Lipinski definition) is 3. The van der Waals surface area contributed by atoms with Gasteiger partial charge in [0.1, 0.15) is 0 Å². The van der Waals surface area contributed by atoms with Gasteiger partial charge in [-0.15, -0.1) is 0 Å². The zero-order chi connectivity index (χ0) is 19.9. The van der Waals surface area contributed by atoms with E-state index in [9.17, 15) is 9.59 Å². The lowest BCUT2D eigenvalue weighted by Crippen LogP contribution is -2.35. The predicted molar refractivity (Wildman–Crippen MR) is 106 cm³/mol. The second kappa shape index (κ2) is 8.90. The maximum Gasteiger partial charge on any atom is 0.259 e. The highest BCUT2D eigenvalue weighted by atomic mass is 16.5. The standard InChI is InChI=1S/C20H22N4O4/c1-27-17-8-7-13(11-18(17)28-2)20(26)22-12-19(25)24-23-16-9-10-21-15-6-4-3-5-14(15)16/h3-8,11,21H,9-10,12H2,1-2H3,(H,22,26)(H,24,25)/b23-16+. The van der Waals surface area contributed by atoms with E-state index in [-0.39, 0.29) is 6.54 Å². The fourth-order valence-corrected chi connectivity index (χ4v) is 2.86. The zero-order valence-corrected chi connectivity index (χ0v) is 15.7. The summed E-state index contributed by atoms with van der Waals surface area (Å²) in [5, 5.41) is 10.1. The van der Waals surface area contributed by atoms with Crippen molar-refractivity contribution in [2.45, 2.75) is 6.42 Å². The number of nitrogens with zero attached hydrogens (tertiary/aromatic N) is 1. The number of fused-ring (bicyclic) bond motifs is 1. The van der Waals surface area contributed by atoms with Gasteiger partial charge in [-0.05, 0) is 24.3 Å². The molecule has 146 valence electrons. The molecule has 0 atom stereocenters. The monoisotopic (exact) mass is 382 g/mol. The summed E-state index contributed by atoms with van der Waals surface area (Å²) < 4.78 is 10.3. The van der Waals surface area contributed by atoms with Crippen LogP contribution < -0.4 is 25.5 Å². The minimum absolute atomic E-state index is 0.191. The third kappa shape index (κ3) is 4.40. The number of para-hydroxylation sites is 1. The summed E-state index contributed by atoms with van der Waals surface area (Å²) in [4.78, 5) is 24.3. The Kier molecular flexibility index (Phi) is 6.11. The van der Waals surface area contributed by atoms with Crippen LogP contribution in [0.2, 0.25) is 0 Å². The van der Waals surface area contributed by atoms with Crippen molar-refractivity contribution < 1.29 is 19.1 Å². The van der Waals surface area contributed by atoms with E-state index >= 15 is 0 Å². The molecule has 3 N–H and O–H groups in total. The van der Waals surface area contributed by atoms with E-state index in [0.717, 1.165) is 23.5 Å². The highest BCUT2D eigenvalue weighted by Crippen LogP contribution is 2.27. The van der Waals surface area contributed by atoms with E-state index in [2.05, 4.69) is 21.2 Å². The number of anilines is 1. The van der Waals surface area contributed by atoms with Crippen LogP contribution in [0.15, 0.2) is 47.6 Å². The Bertz CT molecular complexity index is 911. The van der Waals surface area contributed by atoms with Crippen molar-refractivity contribution in [1.82, 2.24) is 10.7 Å². The molecular formula is C20H22N4O4. The molecule has 0 bridgehead atoms. The van der Waals surface area contributed by atoms with Crippen LogP contribution in [-0.2, 0) is 4.79 Å². The van der Waals surface area contributed by atoms with Crippen LogP contribution in [0.4, 0.5) is 5.69 Å². The van der Waals surface area contributed by atoms with Gasteiger partial charge in [0.05, 0.1) is 26.5 Å². The molecule has 0 spiro atoms. The van der Waals surface area contributed by atoms with Crippen LogP contribution in [0.25, 0.3) is 0 Å². The number of hydrogen-bond acceptors (Lipinski definition) is 6. The molecule has 2 amide bonds. The van der Waals surface area contributed by atoms with E-state index in [0.29, 0.717) is 23.5 Å². The van der Waals surface area contributed by atoms with Crippen LogP contribution in [0, 0.1) is 0 Å². The fraction of sp³-hybridized carbons (Fsp3) is 0.250. The zero-order valence-electron chi connectivity index (χ0n) is 15.7. The minimum atomic E-state index is -0.405. The molecule has 0 aromatic heterocycles. The number of carbonyl (C=O) groups is 2. The molecule has 1 heterocycles. The highest BCUT2D eigenvalue weighted by Gasteiger charge is 2.15. The lowest BCUT2D eigenvalue weighted by molar-refractivity contribution is -0.120. The van der Waals surface area contributed by atoms with Gasteiger partial charge < -0.3 is 20.1 Å². The number of hydrazone groups is 1.